The Morgan fingerprint density at radius 3 is 2.74 bits per heavy atom. The first kappa shape index (κ1) is 13.5. The van der Waals surface area contributed by atoms with Gasteiger partial charge in [0.05, 0.1) is 11.0 Å². The minimum Gasteiger partial charge on any atom is -0.371 e. The van der Waals surface area contributed by atoms with Gasteiger partial charge in [-0.05, 0) is 32.4 Å². The Balaban J connectivity index is 2.27. The summed E-state index contributed by atoms with van der Waals surface area (Å²) >= 11 is 1.55. The van der Waals surface area contributed by atoms with Crippen molar-refractivity contribution in [3.63, 3.8) is 0 Å². The molecule has 1 unspecified atom stereocenters. The molecule has 100 valence electrons. The fourth-order valence-electron chi connectivity index (χ4n) is 1.79. The number of rotatable bonds is 4. The maximum Gasteiger partial charge on any atom is 0.292 e. The van der Waals surface area contributed by atoms with Gasteiger partial charge in [0, 0.05) is 17.1 Å². The Bertz CT molecular complexity index is 610. The van der Waals surface area contributed by atoms with Gasteiger partial charge >= 0.3 is 0 Å². The summed E-state index contributed by atoms with van der Waals surface area (Å²) in [6, 6.07) is 4.99. The number of nitrogens with zero attached hydrogens (tertiary/aromatic N) is 2. The van der Waals surface area contributed by atoms with Gasteiger partial charge in [0.15, 0.2) is 0 Å². The lowest BCUT2D eigenvalue weighted by molar-refractivity contribution is -0.384. The topological polar surface area (TPSA) is 68.1 Å². The lowest BCUT2D eigenvalue weighted by Crippen LogP contribution is -2.08. The second-order valence-electron chi connectivity index (χ2n) is 4.47. The van der Waals surface area contributed by atoms with E-state index in [2.05, 4.69) is 10.3 Å². The number of aryl methyl sites for hydroxylation is 2. The van der Waals surface area contributed by atoms with Gasteiger partial charge < -0.3 is 5.32 Å². The van der Waals surface area contributed by atoms with Crippen molar-refractivity contribution in [2.24, 2.45) is 0 Å². The highest BCUT2D eigenvalue weighted by molar-refractivity contribution is 7.09. The number of nitrogens with one attached hydrogen (secondary N) is 1. The second kappa shape index (κ2) is 5.36. The van der Waals surface area contributed by atoms with Crippen molar-refractivity contribution in [3.05, 3.63) is 50.0 Å². The van der Waals surface area contributed by atoms with E-state index < -0.39 is 0 Å². The molecule has 0 amide bonds. The van der Waals surface area contributed by atoms with Crippen molar-refractivity contribution in [1.29, 1.82) is 0 Å². The standard InChI is InChI=1S/C13H15N3O2S/c1-8-4-5-12(16(17)18)11(6-8)15-10(3)13-14-9(2)7-19-13/h4-7,10,15H,1-3H3. The average molecular weight is 277 g/mol. The number of hydrogen-bond donors (Lipinski definition) is 1. The summed E-state index contributed by atoms with van der Waals surface area (Å²) in [4.78, 5) is 15.0. The SMILES string of the molecule is Cc1ccc([N+](=O)[O-])c(NC(C)c2nc(C)cs2)c1. The van der Waals surface area contributed by atoms with Crippen LogP contribution in [0.2, 0.25) is 0 Å². The Labute approximate surface area is 115 Å². The van der Waals surface area contributed by atoms with Crippen LogP contribution in [0.3, 0.4) is 0 Å². The normalized spacial score (nSPS) is 12.2. The van der Waals surface area contributed by atoms with Crippen molar-refractivity contribution in [2.45, 2.75) is 26.8 Å². The molecule has 1 N–H and O–H groups in total. The first-order chi connectivity index (χ1) is 8.97. The molecular formula is C13H15N3O2S. The molecule has 6 heteroatoms. The van der Waals surface area contributed by atoms with Gasteiger partial charge in [-0.15, -0.1) is 11.3 Å². The van der Waals surface area contributed by atoms with E-state index in [0.717, 1.165) is 16.3 Å². The molecule has 0 saturated heterocycles. The van der Waals surface area contributed by atoms with E-state index in [4.69, 9.17) is 0 Å². The maximum absolute atomic E-state index is 11.0. The van der Waals surface area contributed by atoms with Crippen LogP contribution in [-0.2, 0) is 0 Å². The van der Waals surface area contributed by atoms with Crippen LogP contribution in [0, 0.1) is 24.0 Å². The predicted octanol–water partition coefficient (Wildman–Crippen LogP) is 3.84. The van der Waals surface area contributed by atoms with E-state index in [-0.39, 0.29) is 16.7 Å². The summed E-state index contributed by atoms with van der Waals surface area (Å²) in [7, 11) is 0. The lowest BCUT2D eigenvalue weighted by Gasteiger charge is -2.13. The van der Waals surface area contributed by atoms with Crippen LogP contribution < -0.4 is 5.32 Å². The summed E-state index contributed by atoms with van der Waals surface area (Å²) < 4.78 is 0. The molecule has 0 fully saturated rings. The van der Waals surface area contributed by atoms with Crippen LogP contribution in [-0.4, -0.2) is 9.91 Å². The third-order valence-corrected chi connectivity index (χ3v) is 3.87. The lowest BCUT2D eigenvalue weighted by atomic mass is 10.2. The van der Waals surface area contributed by atoms with E-state index in [1.54, 1.807) is 23.5 Å². The Morgan fingerprint density at radius 1 is 1.42 bits per heavy atom. The van der Waals surface area contributed by atoms with Crippen LogP contribution in [0.25, 0.3) is 0 Å². The zero-order valence-electron chi connectivity index (χ0n) is 11.0. The summed E-state index contributed by atoms with van der Waals surface area (Å²) in [5.41, 5.74) is 2.57. The number of aromatic nitrogens is 1. The minimum atomic E-state index is -0.373. The van der Waals surface area contributed by atoms with E-state index in [1.165, 1.54) is 6.07 Å². The van der Waals surface area contributed by atoms with Crippen LogP contribution in [0.4, 0.5) is 11.4 Å². The van der Waals surface area contributed by atoms with E-state index in [9.17, 15) is 10.1 Å². The molecule has 0 radical (unpaired) electrons. The van der Waals surface area contributed by atoms with Crippen molar-refractivity contribution in [2.75, 3.05) is 5.32 Å². The van der Waals surface area contributed by atoms with Gasteiger partial charge in [0.1, 0.15) is 10.7 Å². The molecule has 2 aromatic rings. The van der Waals surface area contributed by atoms with Gasteiger partial charge in [0.25, 0.3) is 5.69 Å². The molecule has 19 heavy (non-hydrogen) atoms. The van der Waals surface area contributed by atoms with Crippen molar-refractivity contribution < 1.29 is 4.92 Å². The molecule has 5 nitrogen and oxygen atoms in total. The highest BCUT2D eigenvalue weighted by atomic mass is 32.1. The van der Waals surface area contributed by atoms with Gasteiger partial charge in [-0.3, -0.25) is 10.1 Å². The molecule has 0 saturated carbocycles. The Hall–Kier alpha value is -1.95. The van der Waals surface area contributed by atoms with Crippen molar-refractivity contribution in [3.8, 4) is 0 Å². The first-order valence-corrected chi connectivity index (χ1v) is 6.79. The number of anilines is 1. The van der Waals surface area contributed by atoms with E-state index in [0.29, 0.717) is 5.69 Å². The molecule has 0 spiro atoms. The minimum absolute atomic E-state index is 0.0563. The average Bonchev–Trinajstić information content (AvgIpc) is 2.75. The Kier molecular flexibility index (Phi) is 3.80. The molecule has 0 aliphatic heterocycles. The largest absolute Gasteiger partial charge is 0.371 e. The smallest absolute Gasteiger partial charge is 0.292 e. The zero-order chi connectivity index (χ0) is 14.0. The number of nitro benzene ring substituents is 1. The number of thiazole rings is 1. The number of benzene rings is 1. The molecule has 1 atom stereocenters. The maximum atomic E-state index is 11.0. The van der Waals surface area contributed by atoms with E-state index in [1.807, 2.05) is 26.2 Å². The molecule has 0 aliphatic rings. The Morgan fingerprint density at radius 2 is 2.16 bits per heavy atom. The summed E-state index contributed by atoms with van der Waals surface area (Å²) in [6.45, 7) is 5.79. The molecule has 0 aliphatic carbocycles. The van der Waals surface area contributed by atoms with Crippen LogP contribution >= 0.6 is 11.3 Å². The first-order valence-electron chi connectivity index (χ1n) is 5.91. The monoisotopic (exact) mass is 277 g/mol. The van der Waals surface area contributed by atoms with Gasteiger partial charge in [-0.2, -0.15) is 0 Å². The fourth-order valence-corrected chi connectivity index (χ4v) is 2.59. The highest BCUT2D eigenvalue weighted by Gasteiger charge is 2.17. The van der Waals surface area contributed by atoms with Crippen molar-refractivity contribution >= 4 is 22.7 Å². The van der Waals surface area contributed by atoms with Gasteiger partial charge in [0.2, 0.25) is 0 Å². The number of hydrogen-bond acceptors (Lipinski definition) is 5. The third-order valence-electron chi connectivity index (χ3n) is 2.73. The fraction of sp³-hybridized carbons (Fsp3) is 0.308. The zero-order valence-corrected chi connectivity index (χ0v) is 11.8. The summed E-state index contributed by atoms with van der Waals surface area (Å²) in [6.07, 6.45) is 0. The van der Waals surface area contributed by atoms with Gasteiger partial charge in [-0.1, -0.05) is 6.07 Å². The molecule has 1 aromatic heterocycles. The van der Waals surface area contributed by atoms with Crippen LogP contribution in [0.1, 0.15) is 29.2 Å². The number of nitro groups is 1. The molecule has 0 bridgehead atoms. The van der Waals surface area contributed by atoms with E-state index >= 15 is 0 Å². The molecule has 1 aromatic carbocycles. The van der Waals surface area contributed by atoms with Gasteiger partial charge in [-0.25, -0.2) is 4.98 Å². The van der Waals surface area contributed by atoms with Crippen molar-refractivity contribution in [1.82, 2.24) is 4.98 Å². The summed E-state index contributed by atoms with van der Waals surface area (Å²) in [5.74, 6) is 0. The predicted molar refractivity (Wildman–Crippen MR) is 76.7 cm³/mol. The molecule has 1 heterocycles. The second-order valence-corrected chi connectivity index (χ2v) is 5.36. The molecule has 2 rings (SSSR count). The van der Waals surface area contributed by atoms with Crippen LogP contribution in [0.5, 0.6) is 0 Å². The molecular weight excluding hydrogens is 262 g/mol. The summed E-state index contributed by atoms with van der Waals surface area (Å²) in [5, 5.41) is 17.1. The highest BCUT2D eigenvalue weighted by Crippen LogP contribution is 2.29. The third kappa shape index (κ3) is 3.08. The quantitative estimate of drug-likeness (QED) is 0.681. The van der Waals surface area contributed by atoms with Crippen LogP contribution in [0.15, 0.2) is 23.6 Å².